The van der Waals surface area contributed by atoms with Crippen LogP contribution in [0.5, 0.6) is 0 Å². The van der Waals surface area contributed by atoms with Crippen molar-refractivity contribution in [1.82, 2.24) is 4.90 Å². The van der Waals surface area contributed by atoms with Gasteiger partial charge in [0.2, 0.25) is 0 Å². The molecule has 1 heteroatoms. The van der Waals surface area contributed by atoms with Crippen LogP contribution in [0.15, 0.2) is 36.5 Å². The topological polar surface area (TPSA) is 3.24 Å². The number of hydrogen-bond donors (Lipinski definition) is 0. The molecule has 2 aliphatic rings. The first kappa shape index (κ1) is 11.7. The van der Waals surface area contributed by atoms with Crippen LogP contribution in [0.25, 0.3) is 0 Å². The smallest absolute Gasteiger partial charge is 0.00133 e. The SMILES string of the molecule is C=CC1=C(C)C(C=C)CC12CCN(C)CC2. The van der Waals surface area contributed by atoms with Gasteiger partial charge < -0.3 is 4.90 Å². The number of nitrogens with zero attached hydrogens (tertiary/aromatic N) is 1. The standard InChI is InChI=1S/C15H23N/c1-5-13-11-15(14(6-2)12(13)3)7-9-16(4)10-8-15/h5-6,13H,1-2,7-11H2,3-4H3. The van der Waals surface area contributed by atoms with Crippen LogP contribution in [0.4, 0.5) is 0 Å². The Morgan fingerprint density at radius 2 is 1.94 bits per heavy atom. The van der Waals surface area contributed by atoms with Crippen molar-refractivity contribution in [3.05, 3.63) is 36.5 Å². The second-order valence-electron chi connectivity index (χ2n) is 5.43. The van der Waals surface area contributed by atoms with Crippen LogP contribution in [0, 0.1) is 11.3 Å². The average Bonchev–Trinajstić information content (AvgIpc) is 2.56. The van der Waals surface area contributed by atoms with Crippen LogP contribution >= 0.6 is 0 Å². The Kier molecular flexibility index (Phi) is 3.07. The van der Waals surface area contributed by atoms with Crippen LogP contribution in [0.3, 0.4) is 0 Å². The maximum absolute atomic E-state index is 4.02. The maximum Gasteiger partial charge on any atom is -0.00133 e. The van der Waals surface area contributed by atoms with Crippen LogP contribution in [-0.2, 0) is 0 Å². The zero-order valence-corrected chi connectivity index (χ0v) is 10.6. The van der Waals surface area contributed by atoms with Crippen molar-refractivity contribution >= 4 is 0 Å². The molecule has 0 N–H and O–H groups in total. The molecule has 1 heterocycles. The van der Waals surface area contributed by atoms with Crippen molar-refractivity contribution < 1.29 is 0 Å². The van der Waals surface area contributed by atoms with Gasteiger partial charge in [-0.05, 0) is 63.2 Å². The molecule has 0 aromatic heterocycles. The third kappa shape index (κ3) is 1.67. The monoisotopic (exact) mass is 217 g/mol. The molecular formula is C15H23N. The Balaban J connectivity index is 2.29. The lowest BCUT2D eigenvalue weighted by Crippen LogP contribution is -2.37. The zero-order valence-electron chi connectivity index (χ0n) is 10.6. The number of allylic oxidation sites excluding steroid dienone is 4. The molecule has 1 atom stereocenters. The van der Waals surface area contributed by atoms with Crippen LogP contribution in [0.2, 0.25) is 0 Å². The Bertz CT molecular complexity index is 329. The molecule has 1 nitrogen and oxygen atoms in total. The van der Waals surface area contributed by atoms with Gasteiger partial charge in [-0.15, -0.1) is 6.58 Å². The van der Waals surface area contributed by atoms with E-state index in [4.69, 9.17) is 0 Å². The van der Waals surface area contributed by atoms with Gasteiger partial charge in [0.15, 0.2) is 0 Å². The summed E-state index contributed by atoms with van der Waals surface area (Å²) in [7, 11) is 2.22. The van der Waals surface area contributed by atoms with Gasteiger partial charge in [-0.2, -0.15) is 0 Å². The Morgan fingerprint density at radius 1 is 1.31 bits per heavy atom. The summed E-state index contributed by atoms with van der Waals surface area (Å²) in [5.74, 6) is 0.580. The van der Waals surface area contributed by atoms with Crippen molar-refractivity contribution in [1.29, 1.82) is 0 Å². The summed E-state index contributed by atoms with van der Waals surface area (Å²) in [6.45, 7) is 12.7. The summed E-state index contributed by atoms with van der Waals surface area (Å²) in [5, 5.41) is 0. The summed E-state index contributed by atoms with van der Waals surface area (Å²) < 4.78 is 0. The highest BCUT2D eigenvalue weighted by molar-refractivity contribution is 5.39. The fraction of sp³-hybridized carbons (Fsp3) is 0.600. The number of piperidine rings is 1. The van der Waals surface area contributed by atoms with Gasteiger partial charge >= 0.3 is 0 Å². The number of likely N-dealkylation sites (tertiary alicyclic amines) is 1. The predicted octanol–water partition coefficient (Wildman–Crippen LogP) is 3.41. The van der Waals surface area contributed by atoms with E-state index in [9.17, 15) is 0 Å². The van der Waals surface area contributed by atoms with E-state index in [0.29, 0.717) is 11.3 Å². The quantitative estimate of drug-likeness (QED) is 0.641. The fourth-order valence-electron chi connectivity index (χ4n) is 3.46. The molecule has 1 aliphatic carbocycles. The molecule has 0 saturated carbocycles. The van der Waals surface area contributed by atoms with E-state index >= 15 is 0 Å². The molecule has 1 saturated heterocycles. The van der Waals surface area contributed by atoms with E-state index in [-0.39, 0.29) is 0 Å². The minimum atomic E-state index is 0.414. The van der Waals surface area contributed by atoms with E-state index in [1.54, 1.807) is 0 Å². The third-order valence-corrected chi connectivity index (χ3v) is 4.60. The van der Waals surface area contributed by atoms with Gasteiger partial charge in [0.1, 0.15) is 0 Å². The molecule has 0 radical (unpaired) electrons. The molecule has 2 rings (SSSR count). The van der Waals surface area contributed by atoms with E-state index in [1.165, 1.54) is 43.5 Å². The third-order valence-electron chi connectivity index (χ3n) is 4.60. The first-order valence-corrected chi connectivity index (χ1v) is 6.28. The van der Waals surface area contributed by atoms with E-state index in [0.717, 1.165) is 0 Å². The van der Waals surface area contributed by atoms with Crippen LogP contribution < -0.4 is 0 Å². The van der Waals surface area contributed by atoms with Gasteiger partial charge in [0, 0.05) is 0 Å². The summed E-state index contributed by atoms with van der Waals surface area (Å²) in [4.78, 5) is 2.43. The van der Waals surface area contributed by atoms with Gasteiger partial charge in [-0.1, -0.05) is 24.3 Å². The second kappa shape index (κ2) is 4.21. The molecule has 0 amide bonds. The van der Waals surface area contributed by atoms with Gasteiger partial charge in [0.05, 0.1) is 0 Å². The normalized spacial score (nSPS) is 29.8. The first-order valence-electron chi connectivity index (χ1n) is 6.28. The maximum atomic E-state index is 4.02. The summed E-state index contributed by atoms with van der Waals surface area (Å²) in [5.41, 5.74) is 3.44. The molecule has 0 aromatic carbocycles. The molecule has 1 spiro atoms. The largest absolute Gasteiger partial charge is 0.306 e. The predicted molar refractivity (Wildman–Crippen MR) is 70.4 cm³/mol. The molecule has 1 aliphatic heterocycles. The highest BCUT2D eigenvalue weighted by Gasteiger charge is 2.43. The minimum absolute atomic E-state index is 0.414. The first-order chi connectivity index (χ1) is 7.63. The van der Waals surface area contributed by atoms with E-state index < -0.39 is 0 Å². The van der Waals surface area contributed by atoms with Crippen molar-refractivity contribution in [2.45, 2.75) is 26.2 Å². The van der Waals surface area contributed by atoms with Gasteiger partial charge in [-0.25, -0.2) is 0 Å². The summed E-state index contributed by atoms with van der Waals surface area (Å²) >= 11 is 0. The Morgan fingerprint density at radius 3 is 2.44 bits per heavy atom. The molecule has 1 unspecified atom stereocenters. The number of rotatable bonds is 2. The second-order valence-corrected chi connectivity index (χ2v) is 5.43. The van der Waals surface area contributed by atoms with Crippen molar-refractivity contribution in [2.24, 2.45) is 11.3 Å². The van der Waals surface area contributed by atoms with Gasteiger partial charge in [0.25, 0.3) is 0 Å². The molecule has 0 aromatic rings. The minimum Gasteiger partial charge on any atom is -0.306 e. The Labute approximate surface area is 99.5 Å². The zero-order chi connectivity index (χ0) is 11.8. The molecule has 88 valence electrons. The highest BCUT2D eigenvalue weighted by Crippen LogP contribution is 2.52. The summed E-state index contributed by atoms with van der Waals surface area (Å²) in [6.07, 6.45) is 8.05. The van der Waals surface area contributed by atoms with Crippen molar-refractivity contribution in [2.75, 3.05) is 20.1 Å². The number of hydrogen-bond acceptors (Lipinski definition) is 1. The molecule has 0 bridgehead atoms. The Hall–Kier alpha value is -0.820. The summed E-state index contributed by atoms with van der Waals surface area (Å²) in [6, 6.07) is 0. The highest BCUT2D eigenvalue weighted by atomic mass is 15.1. The lowest BCUT2D eigenvalue weighted by molar-refractivity contribution is 0.152. The van der Waals surface area contributed by atoms with Crippen molar-refractivity contribution in [3.8, 4) is 0 Å². The molecule has 1 fully saturated rings. The van der Waals surface area contributed by atoms with Gasteiger partial charge in [-0.3, -0.25) is 0 Å². The molecular weight excluding hydrogens is 194 g/mol. The lowest BCUT2D eigenvalue weighted by Gasteiger charge is -2.39. The molecule has 16 heavy (non-hydrogen) atoms. The van der Waals surface area contributed by atoms with E-state index in [2.05, 4.69) is 44.2 Å². The fourth-order valence-corrected chi connectivity index (χ4v) is 3.46. The lowest BCUT2D eigenvalue weighted by atomic mass is 9.72. The van der Waals surface area contributed by atoms with Crippen molar-refractivity contribution in [3.63, 3.8) is 0 Å². The van der Waals surface area contributed by atoms with Crippen LogP contribution in [0.1, 0.15) is 26.2 Å². The van der Waals surface area contributed by atoms with E-state index in [1.807, 2.05) is 0 Å². The average molecular weight is 217 g/mol. The van der Waals surface area contributed by atoms with Crippen LogP contribution in [-0.4, -0.2) is 25.0 Å².